The summed E-state index contributed by atoms with van der Waals surface area (Å²) < 4.78 is 0. The first kappa shape index (κ1) is 13.2. The van der Waals surface area contributed by atoms with Gasteiger partial charge < -0.3 is 4.80 Å². The molecule has 0 amide bonds. The maximum absolute atomic E-state index is 9.73. The molecule has 1 atom stereocenters. The van der Waals surface area contributed by atoms with Crippen LogP contribution in [-0.4, -0.2) is 14.6 Å². The molecule has 2 heteroatoms. The van der Waals surface area contributed by atoms with Crippen molar-refractivity contribution < 1.29 is 4.80 Å². The Morgan fingerprint density at radius 1 is 1.38 bits per heavy atom. The first-order chi connectivity index (χ1) is 7.76. The molecule has 1 unspecified atom stereocenters. The molecule has 0 fully saturated rings. The molecule has 0 radical (unpaired) electrons. The van der Waals surface area contributed by atoms with Gasteiger partial charge in [-0.05, 0) is 18.4 Å². The number of hydrogen-bond acceptors (Lipinski definition) is 1. The zero-order chi connectivity index (χ0) is 11.9. The van der Waals surface area contributed by atoms with Gasteiger partial charge in [0.25, 0.3) is 0 Å². The van der Waals surface area contributed by atoms with Crippen molar-refractivity contribution in [3.05, 3.63) is 48.6 Å². The molecule has 0 bridgehead atoms. The highest BCUT2D eigenvalue weighted by Crippen LogP contribution is 2.36. The minimum atomic E-state index is -1.06. The Morgan fingerprint density at radius 3 is 2.56 bits per heavy atom. The highest BCUT2D eigenvalue weighted by atomic mass is 28.2. The Morgan fingerprint density at radius 2 is 2.06 bits per heavy atom. The summed E-state index contributed by atoms with van der Waals surface area (Å²) in [6, 6.07) is 10.4. The minimum Gasteiger partial charge on any atom is -0.437 e. The molecule has 1 N–H and O–H groups in total. The van der Waals surface area contributed by atoms with Crippen LogP contribution in [0.25, 0.3) is 0 Å². The second-order valence-corrected chi connectivity index (χ2v) is 6.22. The zero-order valence-corrected chi connectivity index (χ0v) is 11.6. The van der Waals surface area contributed by atoms with E-state index in [2.05, 4.69) is 37.8 Å². The van der Waals surface area contributed by atoms with Gasteiger partial charge in [-0.15, -0.1) is 6.58 Å². The largest absolute Gasteiger partial charge is 0.437 e. The van der Waals surface area contributed by atoms with Crippen LogP contribution in [0, 0.1) is 0 Å². The number of hydrogen-bond donors (Lipinski definition) is 1. The van der Waals surface area contributed by atoms with Crippen LogP contribution in [-0.2, 0) is 6.42 Å². The predicted octanol–water partition coefficient (Wildman–Crippen LogP) is 2.84. The minimum absolute atomic E-state index is 0.00262. The molecule has 0 saturated carbocycles. The van der Waals surface area contributed by atoms with Crippen molar-refractivity contribution in [1.29, 1.82) is 0 Å². The van der Waals surface area contributed by atoms with Crippen molar-refractivity contribution in [2.75, 3.05) is 0 Å². The second kappa shape index (κ2) is 6.66. The van der Waals surface area contributed by atoms with Crippen LogP contribution >= 0.6 is 0 Å². The zero-order valence-electron chi connectivity index (χ0n) is 10.2. The molecule has 1 aromatic rings. The first-order valence-corrected chi connectivity index (χ1v) is 7.38. The lowest BCUT2D eigenvalue weighted by molar-refractivity contribution is 0.491. The molecule has 16 heavy (non-hydrogen) atoms. The van der Waals surface area contributed by atoms with Gasteiger partial charge in [-0.3, -0.25) is 0 Å². The van der Waals surface area contributed by atoms with Crippen molar-refractivity contribution in [3.8, 4) is 0 Å². The van der Waals surface area contributed by atoms with Crippen LogP contribution in [0.5, 0.6) is 0 Å². The van der Waals surface area contributed by atoms with Crippen molar-refractivity contribution in [1.82, 2.24) is 0 Å². The molecule has 0 aromatic heterocycles. The third kappa shape index (κ3) is 3.61. The number of rotatable bonds is 7. The Hall–Kier alpha value is -0.863. The van der Waals surface area contributed by atoms with Gasteiger partial charge in [0.05, 0.1) is 0 Å². The molecule has 0 aliphatic rings. The number of unbranched alkanes of at least 4 members (excludes halogenated alkanes) is 1. The SMILES string of the molecule is C=CC(CCCC)(Cc1ccccc1)[SiH2]O. The standard InChI is InChI=1S/C14H22OSi/c1-3-5-11-14(4-2,16-15)12-13-9-7-6-8-10-13/h4,6-10,15H,2-3,5,11-12,16H2,1H3. The second-order valence-electron chi connectivity index (χ2n) is 4.49. The molecule has 0 aliphatic carbocycles. The lowest BCUT2D eigenvalue weighted by Crippen LogP contribution is -2.21. The van der Waals surface area contributed by atoms with E-state index in [0.29, 0.717) is 0 Å². The van der Waals surface area contributed by atoms with Crippen LogP contribution in [0.2, 0.25) is 5.04 Å². The van der Waals surface area contributed by atoms with Gasteiger partial charge in [0.15, 0.2) is 9.76 Å². The molecular formula is C14H22OSi. The van der Waals surface area contributed by atoms with Crippen LogP contribution in [0.3, 0.4) is 0 Å². The summed E-state index contributed by atoms with van der Waals surface area (Å²) in [6.45, 7) is 6.12. The fourth-order valence-electron chi connectivity index (χ4n) is 1.99. The normalized spacial score (nSPS) is 15.1. The van der Waals surface area contributed by atoms with E-state index in [4.69, 9.17) is 0 Å². The van der Waals surface area contributed by atoms with Crippen LogP contribution in [0.4, 0.5) is 0 Å². The first-order valence-electron chi connectivity index (χ1n) is 6.05. The van der Waals surface area contributed by atoms with Crippen molar-refractivity contribution in [2.45, 2.75) is 37.6 Å². The van der Waals surface area contributed by atoms with E-state index >= 15 is 0 Å². The molecule has 0 aliphatic heterocycles. The quantitative estimate of drug-likeness (QED) is 0.568. The van der Waals surface area contributed by atoms with Gasteiger partial charge in [0, 0.05) is 5.04 Å². The van der Waals surface area contributed by atoms with Gasteiger partial charge >= 0.3 is 0 Å². The van der Waals surface area contributed by atoms with E-state index in [0.717, 1.165) is 12.8 Å². The summed E-state index contributed by atoms with van der Waals surface area (Å²) in [5.41, 5.74) is 1.31. The summed E-state index contributed by atoms with van der Waals surface area (Å²) in [5.74, 6) is 0. The molecule has 0 saturated heterocycles. The maximum atomic E-state index is 9.73. The summed E-state index contributed by atoms with van der Waals surface area (Å²) in [6.07, 6.45) is 6.36. The number of benzene rings is 1. The lowest BCUT2D eigenvalue weighted by Gasteiger charge is -2.27. The monoisotopic (exact) mass is 234 g/mol. The summed E-state index contributed by atoms with van der Waals surface area (Å²) in [7, 11) is -1.06. The summed E-state index contributed by atoms with van der Waals surface area (Å²) >= 11 is 0. The van der Waals surface area contributed by atoms with Crippen LogP contribution in [0.15, 0.2) is 43.0 Å². The Balaban J connectivity index is 2.74. The average Bonchev–Trinajstić information content (AvgIpc) is 2.36. The topological polar surface area (TPSA) is 20.2 Å². The molecule has 88 valence electrons. The van der Waals surface area contributed by atoms with E-state index in [1.54, 1.807) is 0 Å². The fourth-order valence-corrected chi connectivity index (χ4v) is 2.93. The molecular weight excluding hydrogens is 212 g/mol. The molecule has 1 nitrogen and oxygen atoms in total. The average molecular weight is 234 g/mol. The summed E-state index contributed by atoms with van der Waals surface area (Å²) in [5, 5.41) is -0.00262. The van der Waals surface area contributed by atoms with E-state index < -0.39 is 9.76 Å². The Bertz CT molecular complexity index is 310. The van der Waals surface area contributed by atoms with Gasteiger partial charge in [-0.1, -0.05) is 56.2 Å². The van der Waals surface area contributed by atoms with Crippen molar-refractivity contribution in [2.24, 2.45) is 0 Å². The molecule has 0 heterocycles. The van der Waals surface area contributed by atoms with Gasteiger partial charge in [0.1, 0.15) is 0 Å². The van der Waals surface area contributed by atoms with E-state index in [1.165, 1.54) is 18.4 Å². The molecule has 1 aromatic carbocycles. The third-order valence-corrected chi connectivity index (χ3v) is 4.70. The summed E-state index contributed by atoms with van der Waals surface area (Å²) in [4.78, 5) is 9.73. The fraction of sp³-hybridized carbons (Fsp3) is 0.429. The maximum Gasteiger partial charge on any atom is 0.166 e. The van der Waals surface area contributed by atoms with Crippen LogP contribution in [0.1, 0.15) is 31.7 Å². The van der Waals surface area contributed by atoms with Crippen molar-refractivity contribution >= 4 is 9.76 Å². The van der Waals surface area contributed by atoms with Gasteiger partial charge in [0.2, 0.25) is 0 Å². The van der Waals surface area contributed by atoms with Crippen LogP contribution < -0.4 is 0 Å². The Kier molecular flexibility index (Phi) is 5.50. The van der Waals surface area contributed by atoms with E-state index in [9.17, 15) is 4.80 Å². The van der Waals surface area contributed by atoms with E-state index in [-0.39, 0.29) is 5.04 Å². The highest BCUT2D eigenvalue weighted by molar-refractivity contribution is 6.31. The predicted molar refractivity (Wildman–Crippen MR) is 73.3 cm³/mol. The van der Waals surface area contributed by atoms with Gasteiger partial charge in [-0.25, -0.2) is 0 Å². The molecule has 1 rings (SSSR count). The number of allylic oxidation sites excluding steroid dienone is 1. The highest BCUT2D eigenvalue weighted by Gasteiger charge is 2.26. The Labute approximate surface area is 101 Å². The molecule has 0 spiro atoms. The van der Waals surface area contributed by atoms with Gasteiger partial charge in [-0.2, -0.15) is 0 Å². The smallest absolute Gasteiger partial charge is 0.166 e. The van der Waals surface area contributed by atoms with Crippen molar-refractivity contribution in [3.63, 3.8) is 0 Å². The van der Waals surface area contributed by atoms with E-state index in [1.807, 2.05) is 12.1 Å². The third-order valence-electron chi connectivity index (χ3n) is 3.18. The lowest BCUT2D eigenvalue weighted by atomic mass is 9.93.